The zero-order valence-corrected chi connectivity index (χ0v) is 11.2. The van der Waals surface area contributed by atoms with Crippen LogP contribution in [-0.4, -0.2) is 53.4 Å². The molecule has 0 N–H and O–H groups in total. The fourth-order valence-corrected chi connectivity index (χ4v) is 2.17. The van der Waals surface area contributed by atoms with Crippen molar-refractivity contribution in [2.45, 2.75) is 0 Å². The molecule has 0 bridgehead atoms. The third kappa shape index (κ3) is 3.32. The maximum atomic E-state index is 13.8. The van der Waals surface area contributed by atoms with Gasteiger partial charge in [-0.1, -0.05) is 0 Å². The van der Waals surface area contributed by atoms with Gasteiger partial charge in [-0.15, -0.1) is 0 Å². The number of hydrogen-bond donors (Lipinski definition) is 0. The Kier molecular flexibility index (Phi) is 4.45. The molecule has 2 rings (SSSR count). The van der Waals surface area contributed by atoms with Gasteiger partial charge < -0.3 is 4.90 Å². The minimum absolute atomic E-state index is 0.172. The van der Waals surface area contributed by atoms with E-state index in [1.807, 2.05) is 11.0 Å². The molecule has 1 aromatic carbocycles. The number of amides is 1. The van der Waals surface area contributed by atoms with Crippen molar-refractivity contribution in [2.24, 2.45) is 0 Å². The molecule has 0 unspecified atom stereocenters. The van der Waals surface area contributed by atoms with Crippen molar-refractivity contribution in [2.75, 3.05) is 32.7 Å². The number of carbonyl (C=O) groups is 1. The van der Waals surface area contributed by atoms with Crippen molar-refractivity contribution in [1.29, 1.82) is 5.26 Å². The molecule has 110 valence electrons. The maximum absolute atomic E-state index is 13.8. The lowest BCUT2D eigenvalue weighted by atomic mass is 10.1. The lowest BCUT2D eigenvalue weighted by Gasteiger charge is -2.33. The summed E-state index contributed by atoms with van der Waals surface area (Å²) in [6.07, 6.45) is 0. The molecule has 1 amide bonds. The lowest BCUT2D eigenvalue weighted by Crippen LogP contribution is -2.48. The molecule has 21 heavy (non-hydrogen) atoms. The molecule has 0 saturated carbocycles. The summed E-state index contributed by atoms with van der Waals surface area (Å²) in [5.74, 6) is -1.38. The highest BCUT2D eigenvalue weighted by molar-refractivity contribution is 5.94. The monoisotopic (exact) mass is 292 g/mol. The predicted octanol–water partition coefficient (Wildman–Crippen LogP) is 1.02. The Morgan fingerprint density at radius 1 is 1.38 bits per heavy atom. The Balaban J connectivity index is 2.08. The molecule has 7 nitrogen and oxygen atoms in total. The van der Waals surface area contributed by atoms with Crippen LogP contribution in [0.4, 0.5) is 10.1 Å². The summed E-state index contributed by atoms with van der Waals surface area (Å²) in [6.45, 7) is 2.20. The molecule has 1 aliphatic heterocycles. The maximum Gasteiger partial charge on any atom is 0.272 e. The smallest absolute Gasteiger partial charge is 0.272 e. The van der Waals surface area contributed by atoms with Crippen molar-refractivity contribution in [3.63, 3.8) is 0 Å². The minimum Gasteiger partial charge on any atom is -0.336 e. The first-order valence-electron chi connectivity index (χ1n) is 6.35. The second kappa shape index (κ2) is 6.28. The van der Waals surface area contributed by atoms with Gasteiger partial charge in [0.15, 0.2) is 0 Å². The first-order chi connectivity index (χ1) is 10.0. The normalized spacial score (nSPS) is 15.5. The van der Waals surface area contributed by atoms with Crippen molar-refractivity contribution < 1.29 is 14.1 Å². The molecular formula is C13H13FN4O3. The van der Waals surface area contributed by atoms with Gasteiger partial charge in [-0.3, -0.25) is 19.8 Å². The van der Waals surface area contributed by atoms with Gasteiger partial charge in [0.05, 0.1) is 29.2 Å². The van der Waals surface area contributed by atoms with E-state index in [9.17, 15) is 19.3 Å². The van der Waals surface area contributed by atoms with E-state index in [4.69, 9.17) is 5.26 Å². The van der Waals surface area contributed by atoms with Crippen LogP contribution in [0.1, 0.15) is 10.4 Å². The van der Waals surface area contributed by atoms with Gasteiger partial charge in [0, 0.05) is 32.2 Å². The van der Waals surface area contributed by atoms with Crippen molar-refractivity contribution in [3.05, 3.63) is 39.7 Å². The molecule has 0 aromatic heterocycles. The number of benzene rings is 1. The third-order valence-corrected chi connectivity index (χ3v) is 3.35. The van der Waals surface area contributed by atoms with Gasteiger partial charge in [-0.25, -0.2) is 4.39 Å². The fraction of sp³-hybridized carbons (Fsp3) is 0.385. The molecule has 1 saturated heterocycles. The van der Waals surface area contributed by atoms with Crippen LogP contribution in [0.3, 0.4) is 0 Å². The van der Waals surface area contributed by atoms with Crippen molar-refractivity contribution in [1.82, 2.24) is 9.80 Å². The van der Waals surface area contributed by atoms with Crippen molar-refractivity contribution >= 4 is 11.6 Å². The van der Waals surface area contributed by atoms with Crippen LogP contribution in [-0.2, 0) is 0 Å². The summed E-state index contributed by atoms with van der Waals surface area (Å²) in [6, 6.07) is 5.04. The van der Waals surface area contributed by atoms with Crippen LogP contribution in [0.15, 0.2) is 18.2 Å². The van der Waals surface area contributed by atoms with Gasteiger partial charge in [-0.2, -0.15) is 5.26 Å². The average molecular weight is 292 g/mol. The van der Waals surface area contributed by atoms with Crippen LogP contribution in [0.25, 0.3) is 0 Å². The van der Waals surface area contributed by atoms with E-state index >= 15 is 0 Å². The van der Waals surface area contributed by atoms with E-state index in [2.05, 4.69) is 0 Å². The van der Waals surface area contributed by atoms with E-state index in [0.29, 0.717) is 32.7 Å². The highest BCUT2D eigenvalue weighted by atomic mass is 19.1. The zero-order valence-electron chi connectivity index (χ0n) is 11.2. The molecule has 0 aliphatic carbocycles. The standard InChI is InChI=1S/C13H13FN4O3/c14-12-9-10(18(20)21)1-2-11(12)13(19)17-7-5-16(4-3-15)6-8-17/h1-2,9H,4-8H2. The number of halogens is 1. The number of non-ortho nitro benzene ring substituents is 1. The van der Waals surface area contributed by atoms with E-state index < -0.39 is 16.6 Å². The largest absolute Gasteiger partial charge is 0.336 e. The molecule has 1 aliphatic rings. The summed E-state index contributed by atoms with van der Waals surface area (Å²) >= 11 is 0. The second-order valence-electron chi connectivity index (χ2n) is 4.65. The summed E-state index contributed by atoms with van der Waals surface area (Å²) in [5.41, 5.74) is -0.558. The second-order valence-corrected chi connectivity index (χ2v) is 4.65. The molecule has 1 aromatic rings. The minimum atomic E-state index is -0.895. The van der Waals surface area contributed by atoms with E-state index in [1.165, 1.54) is 4.90 Å². The summed E-state index contributed by atoms with van der Waals surface area (Å²) in [4.78, 5) is 25.4. The summed E-state index contributed by atoms with van der Waals surface area (Å²) in [7, 11) is 0. The number of nitriles is 1. The molecule has 1 fully saturated rings. The van der Waals surface area contributed by atoms with Crippen LogP contribution in [0, 0.1) is 27.3 Å². The third-order valence-electron chi connectivity index (χ3n) is 3.35. The number of carbonyl (C=O) groups excluding carboxylic acids is 1. The first kappa shape index (κ1) is 14.9. The highest BCUT2D eigenvalue weighted by Crippen LogP contribution is 2.18. The molecular weight excluding hydrogens is 279 g/mol. The van der Waals surface area contributed by atoms with Crippen LogP contribution >= 0.6 is 0 Å². The van der Waals surface area contributed by atoms with Gasteiger partial charge in [0.25, 0.3) is 11.6 Å². The topological polar surface area (TPSA) is 90.5 Å². The number of hydrogen-bond acceptors (Lipinski definition) is 5. The Morgan fingerprint density at radius 3 is 2.57 bits per heavy atom. The van der Waals surface area contributed by atoms with E-state index in [-0.39, 0.29) is 11.3 Å². The SMILES string of the molecule is N#CCN1CCN(C(=O)c2ccc([N+](=O)[O-])cc2F)CC1. The highest BCUT2D eigenvalue weighted by Gasteiger charge is 2.24. The van der Waals surface area contributed by atoms with Crippen molar-refractivity contribution in [3.8, 4) is 6.07 Å². The first-order valence-corrected chi connectivity index (χ1v) is 6.35. The zero-order chi connectivity index (χ0) is 15.4. The quantitative estimate of drug-likeness (QED) is 0.471. The summed E-state index contributed by atoms with van der Waals surface area (Å²) in [5, 5.41) is 19.1. The molecule has 0 spiro atoms. The Hall–Kier alpha value is -2.53. The molecule has 1 heterocycles. The number of piperazine rings is 1. The van der Waals surface area contributed by atoms with Gasteiger partial charge in [0.1, 0.15) is 5.82 Å². The Labute approximate surface area is 120 Å². The number of nitro benzene ring substituents is 1. The molecule has 8 heteroatoms. The van der Waals surface area contributed by atoms with Gasteiger partial charge in [0.2, 0.25) is 0 Å². The Morgan fingerprint density at radius 2 is 2.05 bits per heavy atom. The van der Waals surface area contributed by atoms with Crippen LogP contribution < -0.4 is 0 Å². The number of nitrogens with zero attached hydrogens (tertiary/aromatic N) is 4. The Bertz CT molecular complexity index is 606. The van der Waals surface area contributed by atoms with Crippen LogP contribution in [0.2, 0.25) is 0 Å². The average Bonchev–Trinajstić information content (AvgIpc) is 2.47. The fourth-order valence-electron chi connectivity index (χ4n) is 2.17. The molecule has 0 atom stereocenters. The van der Waals surface area contributed by atoms with Gasteiger partial charge >= 0.3 is 0 Å². The molecule has 0 radical (unpaired) electrons. The number of nitro groups is 1. The summed E-state index contributed by atoms with van der Waals surface area (Å²) < 4.78 is 13.8. The van der Waals surface area contributed by atoms with Gasteiger partial charge in [-0.05, 0) is 6.07 Å². The van der Waals surface area contributed by atoms with Crippen LogP contribution in [0.5, 0.6) is 0 Å². The number of rotatable bonds is 3. The van der Waals surface area contributed by atoms with E-state index in [0.717, 1.165) is 18.2 Å². The predicted molar refractivity (Wildman–Crippen MR) is 71.0 cm³/mol. The lowest BCUT2D eigenvalue weighted by molar-refractivity contribution is -0.385. The van der Waals surface area contributed by atoms with E-state index in [1.54, 1.807) is 0 Å².